The third-order valence-electron chi connectivity index (χ3n) is 6.64. The number of aliphatic hydroxyl groups is 1. The Morgan fingerprint density at radius 2 is 2.03 bits per heavy atom. The number of halogens is 2. The first-order valence-corrected chi connectivity index (χ1v) is 14.0. The molecule has 0 amide bonds. The highest BCUT2D eigenvalue weighted by Gasteiger charge is 2.33. The van der Waals surface area contributed by atoms with Crippen molar-refractivity contribution in [1.82, 2.24) is 23.8 Å². The lowest BCUT2D eigenvalue weighted by Crippen LogP contribution is -2.51. The number of hydrogen-bond donors (Lipinski definition) is 2. The van der Waals surface area contributed by atoms with Gasteiger partial charge in [-0.15, -0.1) is 0 Å². The van der Waals surface area contributed by atoms with E-state index in [1.165, 1.54) is 16.6 Å². The fourth-order valence-electron chi connectivity index (χ4n) is 4.70. The fraction of sp³-hybridized carbons (Fsp3) is 0.522. The number of sulfonamides is 1. The summed E-state index contributed by atoms with van der Waals surface area (Å²) in [6.45, 7) is 5.41. The van der Waals surface area contributed by atoms with E-state index < -0.39 is 28.0 Å². The summed E-state index contributed by atoms with van der Waals surface area (Å²) >= 11 is 6.43. The first kappa shape index (κ1) is 25.3. The molecular formula is C23H28ClFN6O4S. The molecule has 0 unspecified atom stereocenters. The number of nitrogens with one attached hydrogen (secondary N) is 1. The highest BCUT2D eigenvalue weighted by Crippen LogP contribution is 2.35. The Labute approximate surface area is 213 Å². The van der Waals surface area contributed by atoms with E-state index in [9.17, 15) is 13.5 Å². The number of nitrogens with zero attached hydrogens (tertiary/aromatic N) is 5. The summed E-state index contributed by atoms with van der Waals surface area (Å²) in [4.78, 5) is 13.3. The quantitative estimate of drug-likeness (QED) is 0.491. The Morgan fingerprint density at radius 1 is 1.28 bits per heavy atom. The van der Waals surface area contributed by atoms with E-state index in [1.807, 2.05) is 24.5 Å². The third-order valence-corrected chi connectivity index (χ3v) is 8.19. The first-order chi connectivity index (χ1) is 17.0. The molecule has 10 nitrogen and oxygen atoms in total. The maximum Gasteiger partial charge on any atom is 0.223 e. The molecule has 5 rings (SSSR count). The van der Waals surface area contributed by atoms with E-state index in [0.29, 0.717) is 41.9 Å². The van der Waals surface area contributed by atoms with Crippen LogP contribution >= 0.6 is 11.6 Å². The molecule has 36 heavy (non-hydrogen) atoms. The monoisotopic (exact) mass is 538 g/mol. The fourth-order valence-corrected chi connectivity index (χ4v) is 5.76. The Morgan fingerprint density at radius 3 is 2.64 bits per heavy atom. The third kappa shape index (κ3) is 4.68. The van der Waals surface area contributed by atoms with Crippen LogP contribution in [0.5, 0.6) is 0 Å². The maximum absolute atomic E-state index is 15.3. The number of aliphatic hydroxyl groups excluding tert-OH is 1. The van der Waals surface area contributed by atoms with Gasteiger partial charge in [0.05, 0.1) is 60.0 Å². The SMILES string of the molecule is CC(C)n1c(C2COC2)nc2c(F)cc(-c3nc(N[C@@H]4CCN(S(C)(=O)=O)C[C@H]4O)ncc3Cl)cc21. The van der Waals surface area contributed by atoms with Crippen molar-refractivity contribution in [2.24, 2.45) is 0 Å². The zero-order valence-corrected chi connectivity index (χ0v) is 21.7. The van der Waals surface area contributed by atoms with Crippen LogP contribution in [0.2, 0.25) is 5.02 Å². The molecule has 3 aromatic rings. The summed E-state index contributed by atoms with van der Waals surface area (Å²) in [6, 6.07) is 2.79. The van der Waals surface area contributed by atoms with E-state index in [0.717, 1.165) is 12.1 Å². The minimum absolute atomic E-state index is 0.0214. The van der Waals surface area contributed by atoms with E-state index in [4.69, 9.17) is 16.3 Å². The van der Waals surface area contributed by atoms with Crippen LogP contribution < -0.4 is 5.32 Å². The number of imidazole rings is 1. The molecule has 0 bridgehead atoms. The molecule has 2 aliphatic rings. The summed E-state index contributed by atoms with van der Waals surface area (Å²) in [5.74, 6) is 0.655. The second-order valence-electron chi connectivity index (χ2n) is 9.61. The van der Waals surface area contributed by atoms with Crippen molar-refractivity contribution in [1.29, 1.82) is 0 Å². The molecule has 0 radical (unpaired) electrons. The number of benzene rings is 1. The zero-order chi connectivity index (χ0) is 25.8. The molecule has 0 aliphatic carbocycles. The van der Waals surface area contributed by atoms with E-state index >= 15 is 4.39 Å². The van der Waals surface area contributed by atoms with Gasteiger partial charge < -0.3 is 19.7 Å². The number of piperidine rings is 1. The first-order valence-electron chi connectivity index (χ1n) is 11.7. The molecule has 0 spiro atoms. The van der Waals surface area contributed by atoms with Crippen molar-refractivity contribution in [3.05, 3.63) is 35.0 Å². The Balaban J connectivity index is 1.47. The van der Waals surface area contributed by atoms with Crippen LogP contribution in [-0.4, -0.2) is 82.1 Å². The Kier molecular flexibility index (Phi) is 6.66. The molecule has 0 saturated carbocycles. The van der Waals surface area contributed by atoms with Crippen LogP contribution in [0.25, 0.3) is 22.3 Å². The number of aromatic nitrogens is 4. The van der Waals surface area contributed by atoms with Gasteiger partial charge in [-0.3, -0.25) is 0 Å². The van der Waals surface area contributed by atoms with Crippen molar-refractivity contribution in [3.8, 4) is 11.3 Å². The van der Waals surface area contributed by atoms with Crippen molar-refractivity contribution < 1.29 is 22.7 Å². The smallest absolute Gasteiger partial charge is 0.223 e. The van der Waals surface area contributed by atoms with Gasteiger partial charge in [0.2, 0.25) is 16.0 Å². The van der Waals surface area contributed by atoms with Crippen LogP contribution in [-0.2, 0) is 14.8 Å². The molecule has 13 heteroatoms. The molecule has 2 fully saturated rings. The highest BCUT2D eigenvalue weighted by atomic mass is 35.5. The topological polar surface area (TPSA) is 122 Å². The Hall–Kier alpha value is -2.38. The Bertz CT molecular complexity index is 1410. The predicted octanol–water partition coefficient (Wildman–Crippen LogP) is 2.79. The van der Waals surface area contributed by atoms with Gasteiger partial charge in [-0.2, -0.15) is 4.31 Å². The molecule has 1 aromatic carbocycles. The average Bonchev–Trinajstić information content (AvgIpc) is 3.14. The van der Waals surface area contributed by atoms with Gasteiger partial charge >= 0.3 is 0 Å². The summed E-state index contributed by atoms with van der Waals surface area (Å²) in [5.41, 5.74) is 1.75. The van der Waals surface area contributed by atoms with Gasteiger partial charge in [0.25, 0.3) is 0 Å². The van der Waals surface area contributed by atoms with Crippen molar-refractivity contribution >= 4 is 38.6 Å². The summed E-state index contributed by atoms with van der Waals surface area (Å²) in [7, 11) is -3.39. The average molecular weight is 539 g/mol. The number of rotatable bonds is 6. The second kappa shape index (κ2) is 9.49. The van der Waals surface area contributed by atoms with E-state index in [2.05, 4.69) is 20.3 Å². The van der Waals surface area contributed by atoms with Gasteiger partial charge in [-0.25, -0.2) is 27.8 Å². The van der Waals surface area contributed by atoms with Crippen LogP contribution in [0.3, 0.4) is 0 Å². The number of hydrogen-bond acceptors (Lipinski definition) is 8. The standard InChI is InChI=1S/C23H28ClFN6O4S/c1-12(2)31-18-7-13(6-16(25)21(18)28-22(31)14-10-35-11-14)20-15(24)8-26-23(29-20)27-17-4-5-30(9-19(17)32)36(3,33)34/h6-8,12,14,17,19,32H,4-5,9-11H2,1-3H3,(H,26,27,29)/t17-,19-/m1/s1. The van der Waals surface area contributed by atoms with Crippen LogP contribution in [0, 0.1) is 5.82 Å². The normalized spacial score (nSPS) is 21.8. The number of ether oxygens (including phenoxy) is 1. The van der Waals surface area contributed by atoms with Crippen LogP contribution in [0.15, 0.2) is 18.3 Å². The molecular weight excluding hydrogens is 511 g/mol. The molecule has 4 heterocycles. The number of anilines is 1. The second-order valence-corrected chi connectivity index (χ2v) is 12.0. The highest BCUT2D eigenvalue weighted by molar-refractivity contribution is 7.88. The van der Waals surface area contributed by atoms with Gasteiger partial charge in [-0.1, -0.05) is 11.6 Å². The van der Waals surface area contributed by atoms with Crippen molar-refractivity contribution in [2.45, 2.75) is 44.4 Å². The lowest BCUT2D eigenvalue weighted by molar-refractivity contribution is 0.00334. The summed E-state index contributed by atoms with van der Waals surface area (Å²) in [5, 5.41) is 13.8. The predicted molar refractivity (Wildman–Crippen MR) is 134 cm³/mol. The van der Waals surface area contributed by atoms with Crippen LogP contribution in [0.4, 0.5) is 10.3 Å². The number of β-amino-alcohol motifs (C(OH)–C–C–N with tert-alkyl or cyclic N) is 1. The largest absolute Gasteiger partial charge is 0.390 e. The zero-order valence-electron chi connectivity index (χ0n) is 20.1. The van der Waals surface area contributed by atoms with Crippen molar-refractivity contribution in [2.75, 3.05) is 37.9 Å². The number of fused-ring (bicyclic) bond motifs is 1. The minimum atomic E-state index is -3.39. The van der Waals surface area contributed by atoms with Gasteiger partial charge in [0.1, 0.15) is 11.3 Å². The minimum Gasteiger partial charge on any atom is -0.390 e. The molecule has 2 aromatic heterocycles. The van der Waals surface area contributed by atoms with E-state index in [1.54, 1.807) is 0 Å². The molecule has 2 aliphatic heterocycles. The molecule has 2 saturated heterocycles. The van der Waals surface area contributed by atoms with Gasteiger partial charge in [0.15, 0.2) is 5.82 Å². The van der Waals surface area contributed by atoms with Gasteiger partial charge in [-0.05, 0) is 32.4 Å². The summed E-state index contributed by atoms with van der Waals surface area (Å²) in [6.07, 6.45) is 1.96. The molecule has 2 atom stereocenters. The van der Waals surface area contributed by atoms with Crippen LogP contribution in [0.1, 0.15) is 38.1 Å². The van der Waals surface area contributed by atoms with Gasteiger partial charge in [0, 0.05) is 24.7 Å². The lowest BCUT2D eigenvalue weighted by Gasteiger charge is -2.34. The van der Waals surface area contributed by atoms with Crippen molar-refractivity contribution in [3.63, 3.8) is 0 Å². The maximum atomic E-state index is 15.3. The summed E-state index contributed by atoms with van der Waals surface area (Å²) < 4.78 is 47.4. The molecule has 194 valence electrons. The van der Waals surface area contributed by atoms with E-state index in [-0.39, 0.29) is 36.0 Å². The lowest BCUT2D eigenvalue weighted by atomic mass is 10.0. The molecule has 2 N–H and O–H groups in total.